The van der Waals surface area contributed by atoms with Crippen molar-refractivity contribution in [1.29, 1.82) is 0 Å². The summed E-state index contributed by atoms with van der Waals surface area (Å²) < 4.78 is 5.58. The molecule has 1 aromatic heterocycles. The fraction of sp³-hybridized carbons (Fsp3) is 0.176. The predicted octanol–water partition coefficient (Wildman–Crippen LogP) is 4.82. The minimum Gasteiger partial charge on any atom is -0.494 e. The molecule has 0 bridgehead atoms. The van der Waals surface area contributed by atoms with E-state index in [1.165, 1.54) is 0 Å². The van der Waals surface area contributed by atoms with E-state index in [0.717, 1.165) is 35.4 Å². The van der Waals surface area contributed by atoms with Gasteiger partial charge < -0.3 is 10.1 Å². The number of hydrogen-bond donors (Lipinski definition) is 1. The molecule has 0 spiro atoms. The smallest absolute Gasteiger partial charge is 0.224 e. The molecule has 0 saturated carbocycles. The first kappa shape index (κ1) is 14.6. The minimum absolute atomic E-state index is 0.226. The van der Waals surface area contributed by atoms with E-state index in [-0.39, 0.29) is 5.28 Å². The minimum atomic E-state index is 0.226. The van der Waals surface area contributed by atoms with E-state index in [1.807, 2.05) is 48.5 Å². The zero-order chi connectivity index (χ0) is 15.4. The summed E-state index contributed by atoms with van der Waals surface area (Å²) in [5.41, 5.74) is 1.73. The fourth-order valence-electron chi connectivity index (χ4n) is 2.13. The number of para-hydroxylation sites is 1. The highest BCUT2D eigenvalue weighted by molar-refractivity contribution is 6.28. The maximum absolute atomic E-state index is 5.99. The molecule has 0 fully saturated rings. The van der Waals surface area contributed by atoms with Crippen LogP contribution in [0.2, 0.25) is 5.28 Å². The van der Waals surface area contributed by atoms with Crippen LogP contribution in [0.5, 0.6) is 5.75 Å². The standard InChI is InChI=1S/C17H16ClN3O/c1-2-11-22-13-9-7-12(8-10-13)19-16-14-5-3-4-6-15(14)20-17(18)21-16/h3-10H,2,11H2,1H3,(H,19,20,21). The highest BCUT2D eigenvalue weighted by Crippen LogP contribution is 2.26. The van der Waals surface area contributed by atoms with E-state index < -0.39 is 0 Å². The fourth-order valence-corrected chi connectivity index (χ4v) is 2.31. The molecule has 0 atom stereocenters. The molecule has 0 aliphatic rings. The van der Waals surface area contributed by atoms with Crippen LogP contribution in [-0.4, -0.2) is 16.6 Å². The molecule has 2 aromatic carbocycles. The molecule has 0 unspecified atom stereocenters. The number of rotatable bonds is 5. The Balaban J connectivity index is 1.86. The van der Waals surface area contributed by atoms with Gasteiger partial charge in [0.25, 0.3) is 0 Å². The van der Waals surface area contributed by atoms with Crippen molar-refractivity contribution in [2.45, 2.75) is 13.3 Å². The molecule has 22 heavy (non-hydrogen) atoms. The third-order valence-electron chi connectivity index (χ3n) is 3.17. The van der Waals surface area contributed by atoms with Crippen molar-refractivity contribution in [2.24, 2.45) is 0 Å². The number of ether oxygens (including phenoxy) is 1. The highest BCUT2D eigenvalue weighted by atomic mass is 35.5. The first-order valence-corrected chi connectivity index (χ1v) is 7.56. The van der Waals surface area contributed by atoms with Crippen LogP contribution in [0.3, 0.4) is 0 Å². The number of hydrogen-bond acceptors (Lipinski definition) is 4. The van der Waals surface area contributed by atoms with Gasteiger partial charge in [0.1, 0.15) is 11.6 Å². The topological polar surface area (TPSA) is 47.0 Å². The highest BCUT2D eigenvalue weighted by Gasteiger charge is 2.06. The molecule has 1 heterocycles. The summed E-state index contributed by atoms with van der Waals surface area (Å²) in [7, 11) is 0. The van der Waals surface area contributed by atoms with Crippen LogP contribution in [0.25, 0.3) is 10.9 Å². The van der Waals surface area contributed by atoms with Crippen LogP contribution in [-0.2, 0) is 0 Å². The van der Waals surface area contributed by atoms with Crippen LogP contribution in [0.1, 0.15) is 13.3 Å². The summed E-state index contributed by atoms with van der Waals surface area (Å²) in [6.07, 6.45) is 0.991. The number of fused-ring (bicyclic) bond motifs is 1. The van der Waals surface area contributed by atoms with Crippen LogP contribution in [0.4, 0.5) is 11.5 Å². The molecule has 4 nitrogen and oxygen atoms in total. The molecule has 5 heteroatoms. The summed E-state index contributed by atoms with van der Waals surface area (Å²) in [5.74, 6) is 1.55. The van der Waals surface area contributed by atoms with E-state index in [4.69, 9.17) is 16.3 Å². The molecule has 1 N–H and O–H groups in total. The summed E-state index contributed by atoms with van der Waals surface area (Å²) in [5, 5.41) is 4.43. The number of anilines is 2. The molecule has 0 amide bonds. The van der Waals surface area contributed by atoms with E-state index in [9.17, 15) is 0 Å². The van der Waals surface area contributed by atoms with Gasteiger partial charge in [-0.3, -0.25) is 0 Å². The maximum Gasteiger partial charge on any atom is 0.224 e. The van der Waals surface area contributed by atoms with Crippen LogP contribution in [0, 0.1) is 0 Å². The Morgan fingerprint density at radius 1 is 1.05 bits per heavy atom. The molecule has 3 rings (SSSR count). The van der Waals surface area contributed by atoms with E-state index in [0.29, 0.717) is 5.82 Å². The van der Waals surface area contributed by atoms with Crippen molar-refractivity contribution < 1.29 is 4.74 Å². The lowest BCUT2D eigenvalue weighted by Crippen LogP contribution is -1.98. The van der Waals surface area contributed by atoms with Gasteiger partial charge in [-0.15, -0.1) is 0 Å². The monoisotopic (exact) mass is 313 g/mol. The van der Waals surface area contributed by atoms with Crippen molar-refractivity contribution >= 4 is 34.0 Å². The second kappa shape index (κ2) is 6.62. The first-order valence-electron chi connectivity index (χ1n) is 7.18. The number of halogens is 1. The Hall–Kier alpha value is -2.33. The largest absolute Gasteiger partial charge is 0.494 e. The van der Waals surface area contributed by atoms with Gasteiger partial charge in [0.2, 0.25) is 5.28 Å². The van der Waals surface area contributed by atoms with E-state index in [2.05, 4.69) is 22.2 Å². The lowest BCUT2D eigenvalue weighted by atomic mass is 10.2. The van der Waals surface area contributed by atoms with Crippen molar-refractivity contribution in [2.75, 3.05) is 11.9 Å². The van der Waals surface area contributed by atoms with Gasteiger partial charge in [-0.1, -0.05) is 19.1 Å². The molecular weight excluding hydrogens is 298 g/mol. The molecule has 0 aliphatic carbocycles. The average molecular weight is 314 g/mol. The Kier molecular flexibility index (Phi) is 4.39. The maximum atomic E-state index is 5.99. The summed E-state index contributed by atoms with van der Waals surface area (Å²) >= 11 is 5.99. The Morgan fingerprint density at radius 3 is 2.59 bits per heavy atom. The predicted molar refractivity (Wildman–Crippen MR) is 90.1 cm³/mol. The molecule has 0 aliphatic heterocycles. The normalized spacial score (nSPS) is 10.6. The average Bonchev–Trinajstić information content (AvgIpc) is 2.54. The van der Waals surface area contributed by atoms with Gasteiger partial charge in [0.05, 0.1) is 12.1 Å². The molecule has 0 saturated heterocycles. The van der Waals surface area contributed by atoms with Gasteiger partial charge in [-0.2, -0.15) is 4.98 Å². The van der Waals surface area contributed by atoms with Crippen LogP contribution in [0.15, 0.2) is 48.5 Å². The lowest BCUT2D eigenvalue weighted by molar-refractivity contribution is 0.317. The van der Waals surface area contributed by atoms with E-state index >= 15 is 0 Å². The first-order chi connectivity index (χ1) is 10.8. The zero-order valence-corrected chi connectivity index (χ0v) is 13.0. The lowest BCUT2D eigenvalue weighted by Gasteiger charge is -2.10. The van der Waals surface area contributed by atoms with Crippen molar-refractivity contribution in [1.82, 2.24) is 9.97 Å². The second-order valence-electron chi connectivity index (χ2n) is 4.86. The molecular formula is C17H16ClN3O. The Labute approximate surface area is 134 Å². The Bertz CT molecular complexity index is 774. The van der Waals surface area contributed by atoms with Gasteiger partial charge in [-0.25, -0.2) is 4.98 Å². The summed E-state index contributed by atoms with van der Waals surface area (Å²) in [4.78, 5) is 8.50. The van der Waals surface area contributed by atoms with Gasteiger partial charge in [0, 0.05) is 11.1 Å². The van der Waals surface area contributed by atoms with E-state index in [1.54, 1.807) is 0 Å². The molecule has 0 radical (unpaired) electrons. The van der Waals surface area contributed by atoms with Gasteiger partial charge in [-0.05, 0) is 54.4 Å². The summed E-state index contributed by atoms with van der Waals surface area (Å²) in [6, 6.07) is 15.5. The summed E-state index contributed by atoms with van der Waals surface area (Å²) in [6.45, 7) is 2.80. The zero-order valence-electron chi connectivity index (χ0n) is 12.2. The second-order valence-corrected chi connectivity index (χ2v) is 5.19. The molecule has 112 valence electrons. The van der Waals surface area contributed by atoms with Crippen molar-refractivity contribution in [3.05, 3.63) is 53.8 Å². The number of aromatic nitrogens is 2. The van der Waals surface area contributed by atoms with Crippen molar-refractivity contribution in [3.8, 4) is 5.75 Å². The van der Waals surface area contributed by atoms with Gasteiger partial charge >= 0.3 is 0 Å². The van der Waals surface area contributed by atoms with Crippen LogP contribution < -0.4 is 10.1 Å². The third kappa shape index (κ3) is 3.28. The number of benzene rings is 2. The number of nitrogens with one attached hydrogen (secondary N) is 1. The van der Waals surface area contributed by atoms with Gasteiger partial charge in [0.15, 0.2) is 0 Å². The Morgan fingerprint density at radius 2 is 1.82 bits per heavy atom. The molecule has 3 aromatic rings. The quantitative estimate of drug-likeness (QED) is 0.686. The van der Waals surface area contributed by atoms with Crippen LogP contribution >= 0.6 is 11.6 Å². The SMILES string of the molecule is CCCOc1ccc(Nc2nc(Cl)nc3ccccc23)cc1. The number of nitrogens with zero attached hydrogens (tertiary/aromatic N) is 2. The third-order valence-corrected chi connectivity index (χ3v) is 3.33. The van der Waals surface area contributed by atoms with Crippen molar-refractivity contribution in [3.63, 3.8) is 0 Å².